The third-order valence-electron chi connectivity index (χ3n) is 2.96. The minimum Gasteiger partial charge on any atom is -0.368 e. The van der Waals surface area contributed by atoms with E-state index in [-0.39, 0.29) is 0 Å². The maximum absolute atomic E-state index is 4.60. The van der Waals surface area contributed by atoms with Crippen LogP contribution in [-0.4, -0.2) is 26.3 Å². The molecule has 2 rings (SSSR count). The molecule has 0 aliphatic heterocycles. The molecule has 0 saturated heterocycles. The molecule has 2 aromatic heterocycles. The smallest absolute Gasteiger partial charge is 0.156 e. The Bertz CT molecular complexity index is 544. The number of nitrogens with zero attached hydrogens (tertiary/aromatic N) is 4. The maximum Gasteiger partial charge on any atom is 0.156 e. The van der Waals surface area contributed by atoms with Crippen molar-refractivity contribution in [3.05, 3.63) is 11.5 Å². The zero-order valence-electron chi connectivity index (χ0n) is 11.6. The lowest BCUT2D eigenvalue weighted by Gasteiger charge is -2.09. The summed E-state index contributed by atoms with van der Waals surface area (Å²) in [6.45, 7) is 10.1. The lowest BCUT2D eigenvalue weighted by molar-refractivity contribution is 0.675. The third kappa shape index (κ3) is 2.17. The van der Waals surface area contributed by atoms with Crippen molar-refractivity contribution in [2.24, 2.45) is 0 Å². The molecule has 5 nitrogen and oxygen atoms in total. The summed E-state index contributed by atoms with van der Waals surface area (Å²) in [4.78, 5) is 9.19. The van der Waals surface area contributed by atoms with Crippen LogP contribution in [0.5, 0.6) is 0 Å². The van der Waals surface area contributed by atoms with Gasteiger partial charge in [0, 0.05) is 19.5 Å². The highest BCUT2D eigenvalue weighted by Gasteiger charge is 2.14. The Hall–Kier alpha value is -1.65. The van der Waals surface area contributed by atoms with E-state index >= 15 is 0 Å². The van der Waals surface area contributed by atoms with E-state index in [1.54, 1.807) is 0 Å². The first-order valence-electron chi connectivity index (χ1n) is 6.69. The first-order chi connectivity index (χ1) is 8.71. The molecule has 0 spiro atoms. The SMILES string of the molecule is CCCNc1nc(CC)nc2c(C)nn(CC)c12. The van der Waals surface area contributed by atoms with E-state index in [0.717, 1.165) is 54.3 Å². The van der Waals surface area contributed by atoms with Gasteiger partial charge in [-0.2, -0.15) is 5.10 Å². The van der Waals surface area contributed by atoms with Gasteiger partial charge in [-0.1, -0.05) is 13.8 Å². The van der Waals surface area contributed by atoms with E-state index in [2.05, 4.69) is 41.2 Å². The Kier molecular flexibility index (Phi) is 3.79. The zero-order chi connectivity index (χ0) is 13.1. The van der Waals surface area contributed by atoms with Crippen molar-refractivity contribution in [2.45, 2.75) is 47.1 Å². The second kappa shape index (κ2) is 5.33. The lowest BCUT2D eigenvalue weighted by Crippen LogP contribution is -2.08. The number of aryl methyl sites for hydroxylation is 3. The maximum atomic E-state index is 4.60. The minimum absolute atomic E-state index is 0.833. The average Bonchev–Trinajstić information content (AvgIpc) is 2.72. The Morgan fingerprint density at radius 3 is 2.56 bits per heavy atom. The molecular formula is C13H21N5. The van der Waals surface area contributed by atoms with Crippen LogP contribution in [0.3, 0.4) is 0 Å². The summed E-state index contributed by atoms with van der Waals surface area (Å²) in [6.07, 6.45) is 1.92. The fourth-order valence-electron chi connectivity index (χ4n) is 2.03. The monoisotopic (exact) mass is 247 g/mol. The molecule has 0 bridgehead atoms. The first kappa shape index (κ1) is 12.8. The van der Waals surface area contributed by atoms with Crippen molar-refractivity contribution >= 4 is 16.9 Å². The molecule has 0 unspecified atom stereocenters. The Balaban J connectivity index is 2.63. The molecule has 0 aromatic carbocycles. The summed E-state index contributed by atoms with van der Waals surface area (Å²) < 4.78 is 1.97. The molecule has 0 aliphatic carbocycles. The molecule has 18 heavy (non-hydrogen) atoms. The molecule has 5 heteroatoms. The summed E-state index contributed by atoms with van der Waals surface area (Å²) in [5, 5.41) is 7.91. The van der Waals surface area contributed by atoms with Crippen LogP contribution >= 0.6 is 0 Å². The highest BCUT2D eigenvalue weighted by atomic mass is 15.3. The molecule has 0 amide bonds. The van der Waals surface area contributed by atoms with Crippen LogP contribution in [-0.2, 0) is 13.0 Å². The standard InChI is InChI=1S/C13H21N5/c1-5-8-14-13-12-11(15-10(6-2)16-13)9(4)17-18(12)7-3/h5-8H2,1-4H3,(H,14,15,16). The van der Waals surface area contributed by atoms with Crippen LogP contribution in [0.1, 0.15) is 38.7 Å². The average molecular weight is 247 g/mol. The first-order valence-corrected chi connectivity index (χ1v) is 6.69. The Labute approximate surface area is 108 Å². The topological polar surface area (TPSA) is 55.6 Å². The van der Waals surface area contributed by atoms with Crippen LogP contribution in [0, 0.1) is 6.92 Å². The Morgan fingerprint density at radius 1 is 1.17 bits per heavy atom. The second-order valence-electron chi connectivity index (χ2n) is 4.37. The number of hydrogen-bond donors (Lipinski definition) is 1. The van der Waals surface area contributed by atoms with Crippen molar-refractivity contribution in [1.82, 2.24) is 19.7 Å². The largest absolute Gasteiger partial charge is 0.368 e. The fraction of sp³-hybridized carbons (Fsp3) is 0.615. The van der Waals surface area contributed by atoms with Crippen LogP contribution < -0.4 is 5.32 Å². The zero-order valence-corrected chi connectivity index (χ0v) is 11.6. The third-order valence-corrected chi connectivity index (χ3v) is 2.96. The molecular weight excluding hydrogens is 226 g/mol. The van der Waals surface area contributed by atoms with E-state index in [1.807, 2.05) is 11.6 Å². The number of fused-ring (bicyclic) bond motifs is 1. The number of nitrogens with one attached hydrogen (secondary N) is 1. The predicted molar refractivity (Wildman–Crippen MR) is 73.9 cm³/mol. The normalized spacial score (nSPS) is 11.1. The summed E-state index contributed by atoms with van der Waals surface area (Å²) in [7, 11) is 0. The summed E-state index contributed by atoms with van der Waals surface area (Å²) in [6, 6.07) is 0. The fourth-order valence-corrected chi connectivity index (χ4v) is 2.03. The van der Waals surface area contributed by atoms with Crippen LogP contribution in [0.4, 0.5) is 5.82 Å². The van der Waals surface area contributed by atoms with Crippen molar-refractivity contribution < 1.29 is 0 Å². The van der Waals surface area contributed by atoms with Gasteiger partial charge in [0.05, 0.1) is 5.69 Å². The van der Waals surface area contributed by atoms with Gasteiger partial charge in [-0.3, -0.25) is 4.68 Å². The van der Waals surface area contributed by atoms with Gasteiger partial charge in [0.25, 0.3) is 0 Å². The van der Waals surface area contributed by atoms with E-state index < -0.39 is 0 Å². The predicted octanol–water partition coefficient (Wildman–Crippen LogP) is 2.54. The van der Waals surface area contributed by atoms with Gasteiger partial charge in [-0.25, -0.2) is 9.97 Å². The molecule has 0 fully saturated rings. The number of hydrogen-bond acceptors (Lipinski definition) is 4. The molecule has 0 radical (unpaired) electrons. The van der Waals surface area contributed by atoms with Gasteiger partial charge in [0.15, 0.2) is 5.82 Å². The van der Waals surface area contributed by atoms with Gasteiger partial charge in [0.1, 0.15) is 16.9 Å². The second-order valence-corrected chi connectivity index (χ2v) is 4.37. The van der Waals surface area contributed by atoms with Crippen molar-refractivity contribution in [3.8, 4) is 0 Å². The molecule has 98 valence electrons. The summed E-state index contributed by atoms with van der Waals surface area (Å²) in [5.74, 6) is 1.79. The molecule has 2 aromatic rings. The van der Waals surface area contributed by atoms with E-state index in [1.165, 1.54) is 0 Å². The van der Waals surface area contributed by atoms with E-state index in [9.17, 15) is 0 Å². The van der Waals surface area contributed by atoms with Gasteiger partial charge in [-0.05, 0) is 20.3 Å². The van der Waals surface area contributed by atoms with Crippen LogP contribution in [0.2, 0.25) is 0 Å². The molecule has 0 saturated carbocycles. The van der Waals surface area contributed by atoms with E-state index in [0.29, 0.717) is 0 Å². The summed E-state index contributed by atoms with van der Waals surface area (Å²) in [5.41, 5.74) is 2.98. The quantitative estimate of drug-likeness (QED) is 0.882. The van der Waals surface area contributed by atoms with E-state index in [4.69, 9.17) is 0 Å². The summed E-state index contributed by atoms with van der Waals surface area (Å²) >= 11 is 0. The van der Waals surface area contributed by atoms with Crippen molar-refractivity contribution in [1.29, 1.82) is 0 Å². The van der Waals surface area contributed by atoms with Gasteiger partial charge in [0.2, 0.25) is 0 Å². The van der Waals surface area contributed by atoms with Crippen LogP contribution in [0.15, 0.2) is 0 Å². The Morgan fingerprint density at radius 2 is 1.94 bits per heavy atom. The van der Waals surface area contributed by atoms with Crippen LogP contribution in [0.25, 0.3) is 11.0 Å². The van der Waals surface area contributed by atoms with Gasteiger partial charge < -0.3 is 5.32 Å². The minimum atomic E-state index is 0.833. The van der Waals surface area contributed by atoms with Crippen molar-refractivity contribution in [2.75, 3.05) is 11.9 Å². The number of rotatable bonds is 5. The van der Waals surface area contributed by atoms with Crippen molar-refractivity contribution in [3.63, 3.8) is 0 Å². The number of anilines is 1. The van der Waals surface area contributed by atoms with Gasteiger partial charge >= 0.3 is 0 Å². The number of aromatic nitrogens is 4. The molecule has 0 atom stereocenters. The molecule has 2 heterocycles. The molecule has 0 aliphatic rings. The highest BCUT2D eigenvalue weighted by Crippen LogP contribution is 2.23. The van der Waals surface area contributed by atoms with Gasteiger partial charge in [-0.15, -0.1) is 0 Å². The highest BCUT2D eigenvalue weighted by molar-refractivity contribution is 5.87. The lowest BCUT2D eigenvalue weighted by atomic mass is 10.3. The molecule has 1 N–H and O–H groups in total.